The first-order valence-corrected chi connectivity index (χ1v) is 5.23. The smallest absolute Gasteiger partial charge is 0.148 e. The van der Waals surface area contributed by atoms with Crippen molar-refractivity contribution in [2.24, 2.45) is 5.84 Å². The molecule has 0 amide bonds. The van der Waals surface area contributed by atoms with Crippen LogP contribution in [0.4, 0.5) is 11.6 Å². The molecular formula is C10H19N5O. The van der Waals surface area contributed by atoms with Gasteiger partial charge < -0.3 is 15.8 Å². The Hall–Kier alpha value is -1.40. The second kappa shape index (κ2) is 5.09. The number of rotatable bonds is 5. The van der Waals surface area contributed by atoms with E-state index < -0.39 is 0 Å². The Kier molecular flexibility index (Phi) is 4.03. The maximum atomic E-state index is 9.32. The van der Waals surface area contributed by atoms with Crippen LogP contribution >= 0.6 is 0 Å². The first-order chi connectivity index (χ1) is 7.56. The van der Waals surface area contributed by atoms with Gasteiger partial charge in [-0.1, -0.05) is 6.92 Å². The molecule has 0 spiro atoms. The molecule has 0 bridgehead atoms. The Labute approximate surface area is 95.3 Å². The van der Waals surface area contributed by atoms with E-state index in [4.69, 9.17) is 5.84 Å². The van der Waals surface area contributed by atoms with E-state index in [0.717, 1.165) is 12.0 Å². The molecule has 0 aliphatic carbocycles. The van der Waals surface area contributed by atoms with Crippen molar-refractivity contribution in [3.63, 3.8) is 0 Å². The summed E-state index contributed by atoms with van der Waals surface area (Å²) in [5.41, 5.74) is 2.95. The normalized spacial score (nSPS) is 14.3. The minimum absolute atomic E-state index is 0.0400. The van der Waals surface area contributed by atoms with E-state index in [1.807, 2.05) is 20.8 Å². The molecule has 90 valence electrons. The van der Waals surface area contributed by atoms with Gasteiger partial charge in [0.05, 0.1) is 12.1 Å². The number of nitrogens with zero attached hydrogens (tertiary/aromatic N) is 2. The van der Waals surface area contributed by atoms with E-state index in [1.54, 1.807) is 0 Å². The Balaban J connectivity index is 2.97. The molecule has 0 aliphatic rings. The van der Waals surface area contributed by atoms with Gasteiger partial charge in [-0.2, -0.15) is 0 Å². The van der Waals surface area contributed by atoms with Crippen LogP contribution in [0.2, 0.25) is 0 Å². The molecule has 6 nitrogen and oxygen atoms in total. The van der Waals surface area contributed by atoms with Gasteiger partial charge in [0.1, 0.15) is 18.0 Å². The Morgan fingerprint density at radius 2 is 2.06 bits per heavy atom. The number of hydrogen-bond donors (Lipinski definition) is 4. The van der Waals surface area contributed by atoms with Gasteiger partial charge in [0.25, 0.3) is 0 Å². The molecule has 1 atom stereocenters. The molecular weight excluding hydrogens is 206 g/mol. The third-order valence-electron chi connectivity index (χ3n) is 2.77. The topological polar surface area (TPSA) is 96.1 Å². The van der Waals surface area contributed by atoms with Gasteiger partial charge in [0, 0.05) is 5.56 Å². The highest BCUT2D eigenvalue weighted by Crippen LogP contribution is 2.22. The van der Waals surface area contributed by atoms with Crippen molar-refractivity contribution in [3.8, 4) is 0 Å². The highest BCUT2D eigenvalue weighted by Gasteiger charge is 2.22. The molecule has 5 N–H and O–H groups in total. The molecule has 6 heteroatoms. The minimum atomic E-state index is -0.384. The molecule has 0 saturated heterocycles. The van der Waals surface area contributed by atoms with Crippen LogP contribution in [0.1, 0.15) is 25.8 Å². The van der Waals surface area contributed by atoms with Crippen molar-refractivity contribution < 1.29 is 5.11 Å². The molecule has 1 unspecified atom stereocenters. The van der Waals surface area contributed by atoms with Crippen molar-refractivity contribution in [1.29, 1.82) is 0 Å². The molecule has 16 heavy (non-hydrogen) atoms. The van der Waals surface area contributed by atoms with E-state index in [2.05, 4.69) is 20.7 Å². The molecule has 0 aliphatic heterocycles. The maximum absolute atomic E-state index is 9.32. The summed E-state index contributed by atoms with van der Waals surface area (Å²) in [7, 11) is 0. The number of hydrogen-bond acceptors (Lipinski definition) is 6. The molecule has 1 rings (SSSR count). The number of aliphatic hydroxyl groups excluding tert-OH is 1. The molecule has 1 aromatic heterocycles. The summed E-state index contributed by atoms with van der Waals surface area (Å²) in [6.45, 7) is 5.84. The predicted molar refractivity (Wildman–Crippen MR) is 64.0 cm³/mol. The van der Waals surface area contributed by atoms with E-state index >= 15 is 0 Å². The van der Waals surface area contributed by atoms with Crippen LogP contribution in [0.3, 0.4) is 0 Å². The fraction of sp³-hybridized carbons (Fsp3) is 0.600. The van der Waals surface area contributed by atoms with Crippen molar-refractivity contribution in [2.45, 2.75) is 32.7 Å². The first kappa shape index (κ1) is 12.7. The fourth-order valence-corrected chi connectivity index (χ4v) is 1.25. The zero-order chi connectivity index (χ0) is 12.2. The Bertz CT molecular complexity index is 351. The number of nitrogen functional groups attached to an aromatic ring is 1. The van der Waals surface area contributed by atoms with Crippen LogP contribution in [0.5, 0.6) is 0 Å². The lowest BCUT2D eigenvalue weighted by Crippen LogP contribution is -2.38. The highest BCUT2D eigenvalue weighted by molar-refractivity contribution is 5.56. The number of aliphatic hydroxyl groups is 1. The standard InChI is InChI=1S/C10H19N5O/c1-4-10(3,5-16)14-8-7(2)9(15-11)13-6-12-8/h6,16H,4-5,11H2,1-3H3,(H2,12,13,14,15). The van der Waals surface area contributed by atoms with Gasteiger partial charge in [-0.25, -0.2) is 15.8 Å². The van der Waals surface area contributed by atoms with Gasteiger partial charge in [0.15, 0.2) is 0 Å². The maximum Gasteiger partial charge on any atom is 0.148 e. The van der Waals surface area contributed by atoms with E-state index in [0.29, 0.717) is 11.6 Å². The van der Waals surface area contributed by atoms with Gasteiger partial charge >= 0.3 is 0 Å². The summed E-state index contributed by atoms with van der Waals surface area (Å²) >= 11 is 0. The van der Waals surface area contributed by atoms with E-state index in [-0.39, 0.29) is 12.1 Å². The van der Waals surface area contributed by atoms with Crippen LogP contribution < -0.4 is 16.6 Å². The average molecular weight is 225 g/mol. The van der Waals surface area contributed by atoms with Gasteiger partial charge in [-0.05, 0) is 20.3 Å². The number of nitrogens with two attached hydrogens (primary N) is 1. The predicted octanol–water partition coefficient (Wildman–Crippen LogP) is 0.644. The highest BCUT2D eigenvalue weighted by atomic mass is 16.3. The monoisotopic (exact) mass is 225 g/mol. The quantitative estimate of drug-likeness (QED) is 0.434. The van der Waals surface area contributed by atoms with Crippen LogP contribution in [-0.2, 0) is 0 Å². The molecule has 1 aromatic rings. The first-order valence-electron chi connectivity index (χ1n) is 5.23. The summed E-state index contributed by atoms with van der Waals surface area (Å²) in [4.78, 5) is 8.13. The lowest BCUT2D eigenvalue weighted by atomic mass is 10.00. The molecule has 0 aromatic carbocycles. The van der Waals surface area contributed by atoms with Crippen LogP contribution in [-0.4, -0.2) is 27.2 Å². The van der Waals surface area contributed by atoms with Crippen molar-refractivity contribution >= 4 is 11.6 Å². The number of nitrogens with one attached hydrogen (secondary N) is 2. The van der Waals surface area contributed by atoms with Gasteiger partial charge in [0.2, 0.25) is 0 Å². The van der Waals surface area contributed by atoms with Crippen LogP contribution in [0, 0.1) is 6.92 Å². The van der Waals surface area contributed by atoms with E-state index in [1.165, 1.54) is 6.33 Å². The van der Waals surface area contributed by atoms with Crippen LogP contribution in [0.25, 0.3) is 0 Å². The van der Waals surface area contributed by atoms with E-state index in [9.17, 15) is 5.11 Å². The number of hydrazine groups is 1. The van der Waals surface area contributed by atoms with Crippen molar-refractivity contribution in [3.05, 3.63) is 11.9 Å². The van der Waals surface area contributed by atoms with Gasteiger partial charge in [-0.3, -0.25) is 0 Å². The summed E-state index contributed by atoms with van der Waals surface area (Å²) in [6.07, 6.45) is 2.22. The van der Waals surface area contributed by atoms with Crippen LogP contribution in [0.15, 0.2) is 6.33 Å². The van der Waals surface area contributed by atoms with Gasteiger partial charge in [-0.15, -0.1) is 0 Å². The zero-order valence-corrected chi connectivity index (χ0v) is 9.91. The molecule has 0 saturated carbocycles. The molecule has 0 radical (unpaired) electrons. The Morgan fingerprint density at radius 1 is 1.44 bits per heavy atom. The third-order valence-corrected chi connectivity index (χ3v) is 2.77. The second-order valence-corrected chi connectivity index (χ2v) is 4.04. The number of anilines is 2. The lowest BCUT2D eigenvalue weighted by Gasteiger charge is -2.28. The molecule has 1 heterocycles. The average Bonchev–Trinajstić information content (AvgIpc) is 2.32. The summed E-state index contributed by atoms with van der Waals surface area (Å²) in [6, 6.07) is 0. The summed E-state index contributed by atoms with van der Waals surface area (Å²) in [5, 5.41) is 12.5. The zero-order valence-electron chi connectivity index (χ0n) is 9.91. The fourth-order valence-electron chi connectivity index (χ4n) is 1.25. The summed E-state index contributed by atoms with van der Waals surface area (Å²) < 4.78 is 0. The second-order valence-electron chi connectivity index (χ2n) is 4.04. The lowest BCUT2D eigenvalue weighted by molar-refractivity contribution is 0.218. The SMILES string of the molecule is CCC(C)(CO)Nc1ncnc(NN)c1C. The van der Waals surface area contributed by atoms with Crippen molar-refractivity contribution in [2.75, 3.05) is 17.3 Å². The Morgan fingerprint density at radius 3 is 2.56 bits per heavy atom. The summed E-state index contributed by atoms with van der Waals surface area (Å²) in [5.74, 6) is 6.59. The van der Waals surface area contributed by atoms with Crippen molar-refractivity contribution in [1.82, 2.24) is 9.97 Å². The number of aromatic nitrogens is 2. The third kappa shape index (κ3) is 2.59. The minimum Gasteiger partial charge on any atom is -0.394 e. The molecule has 0 fully saturated rings. The largest absolute Gasteiger partial charge is 0.394 e.